The van der Waals surface area contributed by atoms with E-state index in [9.17, 15) is 9.59 Å². The van der Waals surface area contributed by atoms with Crippen LogP contribution in [0.1, 0.15) is 65.1 Å². The van der Waals surface area contributed by atoms with Crippen molar-refractivity contribution in [1.82, 2.24) is 4.90 Å². The van der Waals surface area contributed by atoms with Gasteiger partial charge in [-0.2, -0.15) is 0 Å². The Morgan fingerprint density at radius 2 is 1.96 bits per heavy atom. The summed E-state index contributed by atoms with van der Waals surface area (Å²) in [7, 11) is 1.43. The molecule has 1 amide bonds. The van der Waals surface area contributed by atoms with Crippen molar-refractivity contribution in [1.29, 1.82) is 0 Å². The molecule has 0 N–H and O–H groups in total. The van der Waals surface area contributed by atoms with Gasteiger partial charge in [-0.3, -0.25) is 4.79 Å². The van der Waals surface area contributed by atoms with E-state index in [-0.39, 0.29) is 17.9 Å². The summed E-state index contributed by atoms with van der Waals surface area (Å²) < 4.78 is 5.01. The van der Waals surface area contributed by atoms with Crippen LogP contribution in [0.5, 0.6) is 0 Å². The molecule has 24 heavy (non-hydrogen) atoms. The number of rotatable bonds is 2. The monoisotopic (exact) mass is 347 g/mol. The van der Waals surface area contributed by atoms with Crippen LogP contribution >= 0.6 is 11.3 Å². The number of esters is 1. The van der Waals surface area contributed by atoms with Crippen molar-refractivity contribution in [2.24, 2.45) is 5.92 Å². The van der Waals surface area contributed by atoms with Crippen LogP contribution in [-0.4, -0.2) is 36.0 Å². The zero-order valence-electron chi connectivity index (χ0n) is 14.3. The molecule has 3 atom stereocenters. The number of hydrogen-bond donors (Lipinski definition) is 0. The van der Waals surface area contributed by atoms with E-state index in [1.807, 2.05) is 4.90 Å². The minimum Gasteiger partial charge on any atom is -0.467 e. The lowest BCUT2D eigenvalue weighted by atomic mass is 9.84. The zero-order valence-corrected chi connectivity index (χ0v) is 15.1. The van der Waals surface area contributed by atoms with Crippen LogP contribution in [0.4, 0.5) is 0 Å². The Kier molecular flexibility index (Phi) is 4.37. The third-order valence-corrected chi connectivity index (χ3v) is 7.23. The Hall–Kier alpha value is -1.36. The number of ether oxygens (including phenoxy) is 1. The molecule has 1 saturated heterocycles. The second-order valence-corrected chi connectivity index (χ2v) is 8.50. The molecule has 0 bridgehead atoms. The van der Waals surface area contributed by atoms with Gasteiger partial charge in [0.25, 0.3) is 5.91 Å². The van der Waals surface area contributed by atoms with Crippen molar-refractivity contribution in [2.45, 2.75) is 69.9 Å². The average Bonchev–Trinajstić information content (AvgIpc) is 3.21. The molecule has 5 heteroatoms. The van der Waals surface area contributed by atoms with E-state index in [2.05, 4.69) is 6.07 Å². The predicted octanol–water partition coefficient (Wildman–Crippen LogP) is 3.57. The lowest BCUT2D eigenvalue weighted by Crippen LogP contribution is -2.46. The molecule has 0 aromatic carbocycles. The standard InChI is InChI=1S/C19H25NO3S/c1-23-19(22)15-10-12-6-2-4-8-14(12)20(15)18(21)17-11-13-7-3-5-9-16(13)24-17/h11-12,14-15H,2-10H2,1H3. The van der Waals surface area contributed by atoms with Crippen LogP contribution < -0.4 is 0 Å². The summed E-state index contributed by atoms with van der Waals surface area (Å²) in [6.07, 6.45) is 9.92. The van der Waals surface area contributed by atoms with Gasteiger partial charge in [-0.1, -0.05) is 12.8 Å². The van der Waals surface area contributed by atoms with E-state index in [4.69, 9.17) is 4.74 Å². The molecule has 1 aromatic heterocycles. The second-order valence-electron chi connectivity index (χ2n) is 7.37. The molecule has 1 saturated carbocycles. The average molecular weight is 347 g/mol. The van der Waals surface area contributed by atoms with Crippen LogP contribution in [0.15, 0.2) is 6.07 Å². The van der Waals surface area contributed by atoms with Crippen LogP contribution in [-0.2, 0) is 22.4 Å². The number of methoxy groups -OCH3 is 1. The summed E-state index contributed by atoms with van der Waals surface area (Å²) in [5, 5.41) is 0. The molecule has 130 valence electrons. The molecular formula is C19H25NO3S. The van der Waals surface area contributed by atoms with Crippen LogP contribution in [0.3, 0.4) is 0 Å². The van der Waals surface area contributed by atoms with E-state index >= 15 is 0 Å². The highest BCUT2D eigenvalue weighted by atomic mass is 32.1. The van der Waals surface area contributed by atoms with E-state index < -0.39 is 6.04 Å². The van der Waals surface area contributed by atoms with Crippen LogP contribution in [0.2, 0.25) is 0 Å². The number of carbonyl (C=O) groups is 2. The maximum atomic E-state index is 13.3. The Morgan fingerprint density at radius 3 is 2.75 bits per heavy atom. The summed E-state index contributed by atoms with van der Waals surface area (Å²) >= 11 is 1.65. The molecule has 2 heterocycles. The maximum absolute atomic E-state index is 13.3. The first-order valence-electron chi connectivity index (χ1n) is 9.21. The molecule has 3 unspecified atom stereocenters. The Morgan fingerprint density at radius 1 is 1.17 bits per heavy atom. The van der Waals surface area contributed by atoms with Crippen LogP contribution in [0, 0.1) is 5.92 Å². The summed E-state index contributed by atoms with van der Waals surface area (Å²) in [5.41, 5.74) is 1.35. The largest absolute Gasteiger partial charge is 0.467 e. The molecule has 0 spiro atoms. The Balaban J connectivity index is 1.64. The van der Waals surface area contributed by atoms with E-state index in [1.165, 1.54) is 36.8 Å². The molecule has 0 radical (unpaired) electrons. The summed E-state index contributed by atoms with van der Waals surface area (Å²) in [5.74, 6) is 0.264. The molecule has 4 nitrogen and oxygen atoms in total. The molecular weight excluding hydrogens is 322 g/mol. The quantitative estimate of drug-likeness (QED) is 0.768. The number of fused-ring (bicyclic) bond motifs is 2. The molecule has 3 aliphatic rings. The lowest BCUT2D eigenvalue weighted by Gasteiger charge is -2.33. The zero-order chi connectivity index (χ0) is 16.7. The SMILES string of the molecule is COC(=O)C1CC2CCCCC2N1C(=O)c1cc2c(s1)CCCC2. The Labute approximate surface area is 147 Å². The van der Waals surface area contributed by atoms with Gasteiger partial charge in [0.1, 0.15) is 6.04 Å². The highest BCUT2D eigenvalue weighted by molar-refractivity contribution is 7.14. The minimum atomic E-state index is -0.394. The van der Waals surface area contributed by atoms with Crippen LogP contribution in [0.25, 0.3) is 0 Å². The number of hydrogen-bond acceptors (Lipinski definition) is 4. The second kappa shape index (κ2) is 6.51. The molecule has 1 aliphatic heterocycles. The highest BCUT2D eigenvalue weighted by Gasteiger charge is 2.48. The minimum absolute atomic E-state index is 0.0548. The van der Waals surface area contributed by atoms with Crippen molar-refractivity contribution >= 4 is 23.2 Å². The smallest absolute Gasteiger partial charge is 0.328 e. The molecule has 2 fully saturated rings. The number of nitrogens with zero attached hydrogens (tertiary/aromatic N) is 1. The summed E-state index contributed by atoms with van der Waals surface area (Å²) in [6, 6.07) is 1.91. The van der Waals surface area contributed by atoms with Gasteiger partial charge in [-0.25, -0.2) is 4.79 Å². The first kappa shape index (κ1) is 16.1. The van der Waals surface area contributed by atoms with Crippen molar-refractivity contribution in [3.63, 3.8) is 0 Å². The van der Waals surface area contributed by atoms with E-state index in [1.54, 1.807) is 11.3 Å². The van der Waals surface area contributed by atoms with Gasteiger partial charge in [0.2, 0.25) is 0 Å². The molecule has 4 rings (SSSR count). The predicted molar refractivity (Wildman–Crippen MR) is 93.3 cm³/mol. The number of carbonyl (C=O) groups excluding carboxylic acids is 2. The summed E-state index contributed by atoms with van der Waals surface area (Å²) in [4.78, 5) is 29.6. The first-order valence-corrected chi connectivity index (χ1v) is 10.0. The van der Waals surface area contributed by atoms with Crippen molar-refractivity contribution in [3.8, 4) is 0 Å². The van der Waals surface area contributed by atoms with Gasteiger partial charge < -0.3 is 9.64 Å². The van der Waals surface area contributed by atoms with Gasteiger partial charge >= 0.3 is 5.97 Å². The fourth-order valence-electron chi connectivity index (χ4n) is 4.82. The highest BCUT2D eigenvalue weighted by Crippen LogP contribution is 2.42. The lowest BCUT2D eigenvalue weighted by molar-refractivity contribution is -0.145. The van der Waals surface area contributed by atoms with Gasteiger partial charge in [0.15, 0.2) is 0 Å². The number of aryl methyl sites for hydroxylation is 2. The van der Waals surface area contributed by atoms with Crippen molar-refractivity contribution in [3.05, 3.63) is 21.4 Å². The molecule has 1 aromatic rings. The van der Waals surface area contributed by atoms with Crippen molar-refractivity contribution < 1.29 is 14.3 Å². The fraction of sp³-hybridized carbons (Fsp3) is 0.684. The number of thiophene rings is 1. The number of amides is 1. The van der Waals surface area contributed by atoms with E-state index in [0.29, 0.717) is 5.92 Å². The third kappa shape index (κ3) is 2.67. The van der Waals surface area contributed by atoms with Gasteiger partial charge in [-0.05, 0) is 62.5 Å². The number of likely N-dealkylation sites (tertiary alicyclic amines) is 1. The van der Waals surface area contributed by atoms with Crippen molar-refractivity contribution in [2.75, 3.05) is 7.11 Å². The Bertz CT molecular complexity index is 630. The maximum Gasteiger partial charge on any atom is 0.328 e. The first-order chi connectivity index (χ1) is 11.7. The topological polar surface area (TPSA) is 46.6 Å². The van der Waals surface area contributed by atoms with Gasteiger partial charge in [-0.15, -0.1) is 11.3 Å². The fourth-order valence-corrected chi connectivity index (χ4v) is 6.02. The third-order valence-electron chi connectivity index (χ3n) is 6.00. The molecule has 2 aliphatic carbocycles. The van der Waals surface area contributed by atoms with E-state index in [0.717, 1.165) is 43.4 Å². The van der Waals surface area contributed by atoms with Gasteiger partial charge in [0, 0.05) is 10.9 Å². The summed E-state index contributed by atoms with van der Waals surface area (Å²) in [6.45, 7) is 0. The normalized spacial score (nSPS) is 29.0. The van der Waals surface area contributed by atoms with Gasteiger partial charge in [0.05, 0.1) is 12.0 Å².